The van der Waals surface area contributed by atoms with Gasteiger partial charge in [0.15, 0.2) is 0 Å². The first kappa shape index (κ1) is 11.6. The molecule has 90 valence electrons. The zero-order valence-corrected chi connectivity index (χ0v) is 10.2. The summed E-state index contributed by atoms with van der Waals surface area (Å²) in [5, 5.41) is 7.87. The molecule has 1 unspecified atom stereocenters. The van der Waals surface area contributed by atoms with Crippen LogP contribution in [0.3, 0.4) is 0 Å². The van der Waals surface area contributed by atoms with Crippen LogP contribution in [0.4, 0.5) is 11.7 Å². The van der Waals surface area contributed by atoms with Crippen molar-refractivity contribution in [2.24, 2.45) is 5.73 Å². The Bertz CT molecular complexity index is 507. The molecule has 0 bridgehead atoms. The van der Waals surface area contributed by atoms with Crippen molar-refractivity contribution in [1.29, 1.82) is 0 Å². The van der Waals surface area contributed by atoms with Crippen LogP contribution in [0.15, 0.2) is 28.7 Å². The van der Waals surface area contributed by atoms with E-state index in [1.54, 1.807) is 0 Å². The monoisotopic (exact) mass is 232 g/mol. The van der Waals surface area contributed by atoms with E-state index >= 15 is 0 Å². The number of hydrogen-bond acceptors (Lipinski definition) is 5. The predicted molar refractivity (Wildman–Crippen MR) is 66.1 cm³/mol. The third kappa shape index (κ3) is 2.45. The fourth-order valence-electron chi connectivity index (χ4n) is 1.49. The third-order valence-corrected chi connectivity index (χ3v) is 2.50. The Morgan fingerprint density at radius 3 is 2.71 bits per heavy atom. The molecular formula is C12H16N4O. The lowest BCUT2D eigenvalue weighted by molar-refractivity contribution is 0.467. The maximum absolute atomic E-state index is 5.68. The topological polar surface area (TPSA) is 68.2 Å². The Morgan fingerprint density at radius 1 is 1.35 bits per heavy atom. The maximum Gasteiger partial charge on any atom is 0.322 e. The fourth-order valence-corrected chi connectivity index (χ4v) is 1.49. The first-order valence-corrected chi connectivity index (χ1v) is 5.47. The van der Waals surface area contributed by atoms with E-state index in [2.05, 4.69) is 16.3 Å². The molecule has 17 heavy (non-hydrogen) atoms. The smallest absolute Gasteiger partial charge is 0.322 e. The molecule has 1 aromatic carbocycles. The molecule has 0 aliphatic heterocycles. The van der Waals surface area contributed by atoms with Gasteiger partial charge in [0, 0.05) is 12.7 Å². The van der Waals surface area contributed by atoms with E-state index in [0.29, 0.717) is 11.9 Å². The second-order valence-corrected chi connectivity index (χ2v) is 4.11. The standard InChI is InChI=1S/C12H16N4O/c1-8-5-4-6-10(7-8)16(3)12-15-14-11(17-12)9(2)13/h4-7,9H,13H2,1-3H3. The zero-order valence-electron chi connectivity index (χ0n) is 10.2. The van der Waals surface area contributed by atoms with E-state index in [9.17, 15) is 0 Å². The average Bonchev–Trinajstić information content (AvgIpc) is 2.77. The van der Waals surface area contributed by atoms with Crippen LogP contribution >= 0.6 is 0 Å². The van der Waals surface area contributed by atoms with Gasteiger partial charge in [-0.05, 0) is 31.5 Å². The lowest BCUT2D eigenvalue weighted by atomic mass is 10.2. The van der Waals surface area contributed by atoms with Crippen molar-refractivity contribution in [3.63, 3.8) is 0 Å². The Hall–Kier alpha value is -1.88. The summed E-state index contributed by atoms with van der Waals surface area (Å²) in [5.41, 5.74) is 7.86. The molecule has 0 saturated heterocycles. The lowest BCUT2D eigenvalue weighted by Gasteiger charge is -2.14. The summed E-state index contributed by atoms with van der Waals surface area (Å²) in [5.74, 6) is 0.444. The quantitative estimate of drug-likeness (QED) is 0.878. The summed E-state index contributed by atoms with van der Waals surface area (Å²) >= 11 is 0. The highest BCUT2D eigenvalue weighted by Gasteiger charge is 2.14. The second-order valence-electron chi connectivity index (χ2n) is 4.11. The van der Waals surface area contributed by atoms with Gasteiger partial charge in [-0.25, -0.2) is 0 Å². The van der Waals surface area contributed by atoms with Crippen molar-refractivity contribution >= 4 is 11.7 Å². The molecule has 0 fully saturated rings. The highest BCUT2D eigenvalue weighted by molar-refractivity contribution is 5.55. The summed E-state index contributed by atoms with van der Waals surface area (Å²) in [6.45, 7) is 3.85. The fraction of sp³-hybridized carbons (Fsp3) is 0.333. The van der Waals surface area contributed by atoms with Crippen LogP contribution in [0.5, 0.6) is 0 Å². The molecule has 2 rings (SSSR count). The Kier molecular flexibility index (Phi) is 3.10. The van der Waals surface area contributed by atoms with Gasteiger partial charge in [-0.15, -0.1) is 5.10 Å². The molecule has 5 nitrogen and oxygen atoms in total. The van der Waals surface area contributed by atoms with Gasteiger partial charge in [-0.1, -0.05) is 17.2 Å². The van der Waals surface area contributed by atoms with E-state index in [1.165, 1.54) is 5.56 Å². The minimum atomic E-state index is -0.248. The summed E-state index contributed by atoms with van der Waals surface area (Å²) < 4.78 is 5.48. The van der Waals surface area contributed by atoms with E-state index in [1.807, 2.05) is 44.0 Å². The van der Waals surface area contributed by atoms with Crippen LogP contribution in [0, 0.1) is 6.92 Å². The highest BCUT2D eigenvalue weighted by Crippen LogP contribution is 2.23. The molecule has 0 saturated carbocycles. The summed E-state index contributed by atoms with van der Waals surface area (Å²) in [6.07, 6.45) is 0. The van der Waals surface area contributed by atoms with Crippen LogP contribution in [0.1, 0.15) is 24.4 Å². The normalized spacial score (nSPS) is 12.5. The Morgan fingerprint density at radius 2 is 2.12 bits per heavy atom. The number of aromatic nitrogens is 2. The number of anilines is 2. The van der Waals surface area contributed by atoms with Gasteiger partial charge in [-0.3, -0.25) is 4.90 Å². The van der Waals surface area contributed by atoms with Gasteiger partial charge < -0.3 is 10.2 Å². The van der Waals surface area contributed by atoms with Gasteiger partial charge in [0.1, 0.15) is 0 Å². The molecular weight excluding hydrogens is 216 g/mol. The highest BCUT2D eigenvalue weighted by atomic mass is 16.4. The molecule has 2 aromatic rings. The molecule has 5 heteroatoms. The molecule has 0 radical (unpaired) electrons. The van der Waals surface area contributed by atoms with Crippen LogP contribution in [-0.4, -0.2) is 17.2 Å². The van der Waals surface area contributed by atoms with Crippen LogP contribution < -0.4 is 10.6 Å². The number of hydrogen-bond donors (Lipinski definition) is 1. The number of aryl methyl sites for hydroxylation is 1. The van der Waals surface area contributed by atoms with E-state index in [4.69, 9.17) is 10.2 Å². The minimum absolute atomic E-state index is 0.248. The van der Waals surface area contributed by atoms with Crippen LogP contribution in [-0.2, 0) is 0 Å². The van der Waals surface area contributed by atoms with Crippen molar-refractivity contribution in [3.05, 3.63) is 35.7 Å². The molecule has 0 aliphatic carbocycles. The first-order chi connectivity index (χ1) is 8.08. The minimum Gasteiger partial charge on any atom is -0.406 e. The van der Waals surface area contributed by atoms with Crippen LogP contribution in [0.25, 0.3) is 0 Å². The van der Waals surface area contributed by atoms with Gasteiger partial charge >= 0.3 is 6.01 Å². The van der Waals surface area contributed by atoms with Crippen LogP contribution in [0.2, 0.25) is 0 Å². The number of nitrogens with two attached hydrogens (primary N) is 1. The Balaban J connectivity index is 2.27. The van der Waals surface area contributed by atoms with E-state index in [0.717, 1.165) is 5.69 Å². The van der Waals surface area contributed by atoms with Gasteiger partial charge in [0.05, 0.1) is 6.04 Å². The van der Waals surface area contributed by atoms with Crippen molar-refractivity contribution in [1.82, 2.24) is 10.2 Å². The molecule has 1 heterocycles. The average molecular weight is 232 g/mol. The predicted octanol–water partition coefficient (Wildman–Crippen LogP) is 2.17. The first-order valence-electron chi connectivity index (χ1n) is 5.47. The molecule has 2 N–H and O–H groups in total. The van der Waals surface area contributed by atoms with Gasteiger partial charge in [-0.2, -0.15) is 0 Å². The Labute approximate surface area is 100 Å². The number of rotatable bonds is 3. The van der Waals surface area contributed by atoms with Gasteiger partial charge in [0.25, 0.3) is 0 Å². The van der Waals surface area contributed by atoms with Crippen molar-refractivity contribution < 1.29 is 4.42 Å². The summed E-state index contributed by atoms with van der Waals surface area (Å²) in [6, 6.07) is 8.27. The zero-order chi connectivity index (χ0) is 12.4. The van der Waals surface area contributed by atoms with E-state index < -0.39 is 0 Å². The largest absolute Gasteiger partial charge is 0.406 e. The van der Waals surface area contributed by atoms with Gasteiger partial charge in [0.2, 0.25) is 5.89 Å². The van der Waals surface area contributed by atoms with Crippen molar-refractivity contribution in [2.45, 2.75) is 19.9 Å². The summed E-state index contributed by atoms with van der Waals surface area (Å²) in [7, 11) is 1.88. The molecule has 0 spiro atoms. The molecule has 1 aromatic heterocycles. The van der Waals surface area contributed by atoms with Crippen molar-refractivity contribution in [2.75, 3.05) is 11.9 Å². The maximum atomic E-state index is 5.68. The number of nitrogens with zero attached hydrogens (tertiary/aromatic N) is 3. The lowest BCUT2D eigenvalue weighted by Crippen LogP contribution is -2.09. The second kappa shape index (κ2) is 4.55. The SMILES string of the molecule is Cc1cccc(N(C)c2nnc(C(C)N)o2)c1. The third-order valence-electron chi connectivity index (χ3n) is 2.50. The van der Waals surface area contributed by atoms with E-state index in [-0.39, 0.29) is 6.04 Å². The molecule has 1 atom stereocenters. The molecule has 0 amide bonds. The molecule has 0 aliphatic rings. The number of benzene rings is 1. The van der Waals surface area contributed by atoms with Crippen molar-refractivity contribution in [3.8, 4) is 0 Å². The summed E-state index contributed by atoms with van der Waals surface area (Å²) in [4.78, 5) is 1.84.